The number of benzene rings is 2. The zero-order chi connectivity index (χ0) is 32.9. The smallest absolute Gasteiger partial charge is 0.127 e. The Hall–Kier alpha value is -1.99. The van der Waals surface area contributed by atoms with E-state index < -0.39 is 12.5 Å². The lowest BCUT2D eigenvalue weighted by Gasteiger charge is -2.42. The van der Waals surface area contributed by atoms with E-state index in [1.807, 2.05) is 0 Å². The molecule has 3 saturated carbocycles. The number of alkyl halides is 2. The molecule has 0 bridgehead atoms. The molecular formula is C41H53Cl2N2P. The SMILES string of the molecule is CC(C)=CC=C1C(=C2N(c3c(C)cc(C)cc3C)C=CN2c2c(C)cc(C)cc2C)C(Cl)CC1(Cl)P(C1CCCC1)C1CCCC1. The molecule has 1 aliphatic heterocycles. The molecule has 2 aromatic rings. The molecule has 6 rings (SSSR count). The van der Waals surface area contributed by atoms with Crippen molar-refractivity contribution in [3.05, 3.63) is 105 Å². The van der Waals surface area contributed by atoms with E-state index in [0.717, 1.165) is 23.6 Å². The molecule has 0 radical (unpaired) electrons. The van der Waals surface area contributed by atoms with Gasteiger partial charge in [-0.1, -0.05) is 86.7 Å². The Bertz CT molecular complexity index is 1490. The summed E-state index contributed by atoms with van der Waals surface area (Å²) in [4.78, 5) is 4.86. The minimum Gasteiger partial charge on any atom is -0.301 e. The minimum atomic E-state index is -0.463. The highest BCUT2D eigenvalue weighted by atomic mass is 35.5. The molecule has 3 aliphatic carbocycles. The highest BCUT2D eigenvalue weighted by Gasteiger charge is 2.56. The maximum atomic E-state index is 8.32. The van der Waals surface area contributed by atoms with Gasteiger partial charge in [0.1, 0.15) is 5.82 Å². The van der Waals surface area contributed by atoms with Gasteiger partial charge >= 0.3 is 0 Å². The molecule has 0 spiro atoms. The monoisotopic (exact) mass is 674 g/mol. The predicted octanol–water partition coefficient (Wildman–Crippen LogP) is 12.8. The first kappa shape index (κ1) is 33.9. The predicted molar refractivity (Wildman–Crippen MR) is 204 cm³/mol. The zero-order valence-corrected chi connectivity index (χ0v) is 31.7. The number of hydrogen-bond donors (Lipinski definition) is 0. The third kappa shape index (κ3) is 6.17. The number of anilines is 2. The van der Waals surface area contributed by atoms with Gasteiger partial charge in [-0.15, -0.1) is 23.2 Å². The molecule has 0 N–H and O–H groups in total. The lowest BCUT2D eigenvalue weighted by atomic mass is 10.0. The van der Waals surface area contributed by atoms with Gasteiger partial charge in [0.25, 0.3) is 0 Å². The Labute approximate surface area is 290 Å². The lowest BCUT2D eigenvalue weighted by Crippen LogP contribution is -2.30. The van der Waals surface area contributed by atoms with Crippen molar-refractivity contribution >= 4 is 42.5 Å². The zero-order valence-electron chi connectivity index (χ0n) is 29.3. The average Bonchev–Trinajstić information content (AvgIpc) is 3.76. The van der Waals surface area contributed by atoms with Crippen LogP contribution in [0, 0.1) is 41.5 Å². The first-order valence-corrected chi connectivity index (χ1v) is 19.8. The second-order valence-electron chi connectivity index (χ2n) is 14.8. The second kappa shape index (κ2) is 13.5. The van der Waals surface area contributed by atoms with Crippen molar-refractivity contribution in [2.45, 2.75) is 134 Å². The number of nitrogens with zero attached hydrogens (tertiary/aromatic N) is 2. The van der Waals surface area contributed by atoms with Crippen molar-refractivity contribution in [2.75, 3.05) is 9.80 Å². The Kier molecular flexibility index (Phi) is 9.94. The number of allylic oxidation sites excluding steroid dienone is 5. The fourth-order valence-corrected chi connectivity index (χ4v) is 15.4. The standard InChI is InChI=1S/C41H53Cl2N2P/c1-26(2)17-18-35-37(36(42)25-41(35,43)46(33-13-9-10-14-33)34-15-11-12-16-34)40-44(38-29(5)21-27(3)22-30(38)6)19-20-45(40)39-31(7)23-28(4)24-32(39)8/h17-24,33-34,36H,9-16,25H2,1-8H3. The Morgan fingerprint density at radius 2 is 1.15 bits per heavy atom. The van der Waals surface area contributed by atoms with Gasteiger partial charge in [0.2, 0.25) is 0 Å². The van der Waals surface area contributed by atoms with E-state index in [2.05, 4.69) is 114 Å². The maximum Gasteiger partial charge on any atom is 0.127 e. The fraction of sp³-hybridized carbons (Fsp3) is 0.512. The van der Waals surface area contributed by atoms with Crippen LogP contribution in [0.2, 0.25) is 0 Å². The third-order valence-corrected chi connectivity index (χ3v) is 15.9. The van der Waals surface area contributed by atoms with E-state index >= 15 is 0 Å². The van der Waals surface area contributed by atoms with Gasteiger partial charge in [0, 0.05) is 18.0 Å². The molecule has 2 nitrogen and oxygen atoms in total. The molecule has 46 heavy (non-hydrogen) atoms. The van der Waals surface area contributed by atoms with Crippen LogP contribution < -0.4 is 9.80 Å². The van der Waals surface area contributed by atoms with Gasteiger partial charge in [-0.05, 0) is 127 Å². The lowest BCUT2D eigenvalue weighted by molar-refractivity contribution is 0.776. The Morgan fingerprint density at radius 3 is 1.54 bits per heavy atom. The molecule has 0 aromatic heterocycles. The highest BCUT2D eigenvalue weighted by Crippen LogP contribution is 2.73. The first-order chi connectivity index (χ1) is 21.9. The summed E-state index contributed by atoms with van der Waals surface area (Å²) in [6.45, 7) is 17.7. The third-order valence-electron chi connectivity index (χ3n) is 10.7. The summed E-state index contributed by atoms with van der Waals surface area (Å²) in [6.07, 6.45) is 20.7. The quantitative estimate of drug-likeness (QED) is 0.222. The van der Waals surface area contributed by atoms with E-state index in [-0.39, 0.29) is 5.38 Å². The van der Waals surface area contributed by atoms with Crippen LogP contribution in [-0.4, -0.2) is 21.3 Å². The molecule has 4 aliphatic rings. The molecule has 0 saturated heterocycles. The van der Waals surface area contributed by atoms with Crippen molar-refractivity contribution in [2.24, 2.45) is 0 Å². The van der Waals surface area contributed by atoms with Gasteiger partial charge in [-0.3, -0.25) is 0 Å². The largest absolute Gasteiger partial charge is 0.301 e. The van der Waals surface area contributed by atoms with Gasteiger partial charge in [0.05, 0.1) is 21.4 Å². The first-order valence-electron chi connectivity index (χ1n) is 17.5. The summed E-state index contributed by atoms with van der Waals surface area (Å²) in [5.74, 6) is 1.15. The van der Waals surface area contributed by atoms with E-state index in [4.69, 9.17) is 23.2 Å². The number of hydrogen-bond acceptors (Lipinski definition) is 2. The summed E-state index contributed by atoms with van der Waals surface area (Å²) >= 11 is 16.1. The van der Waals surface area contributed by atoms with Crippen LogP contribution in [0.5, 0.6) is 0 Å². The summed E-state index contributed by atoms with van der Waals surface area (Å²) in [6, 6.07) is 9.23. The second-order valence-corrected chi connectivity index (χ2v) is 19.3. The normalized spacial score (nSPS) is 24.9. The van der Waals surface area contributed by atoms with Gasteiger partial charge in [-0.2, -0.15) is 0 Å². The fourth-order valence-electron chi connectivity index (χ4n) is 9.15. The van der Waals surface area contributed by atoms with Crippen LogP contribution in [0.3, 0.4) is 0 Å². The van der Waals surface area contributed by atoms with E-state index in [0.29, 0.717) is 0 Å². The molecule has 2 atom stereocenters. The Morgan fingerprint density at radius 1 is 0.739 bits per heavy atom. The number of aryl methyl sites for hydroxylation is 6. The van der Waals surface area contributed by atoms with Crippen molar-refractivity contribution in [1.29, 1.82) is 0 Å². The van der Waals surface area contributed by atoms with Gasteiger partial charge in [-0.25, -0.2) is 0 Å². The summed E-state index contributed by atoms with van der Waals surface area (Å²) in [5.41, 5.74) is 15.4. The van der Waals surface area contributed by atoms with Crippen LogP contribution in [0.25, 0.3) is 0 Å². The van der Waals surface area contributed by atoms with E-state index in [9.17, 15) is 0 Å². The van der Waals surface area contributed by atoms with Crippen molar-refractivity contribution in [3.8, 4) is 0 Å². The van der Waals surface area contributed by atoms with Crippen molar-refractivity contribution in [1.82, 2.24) is 0 Å². The molecule has 246 valence electrons. The molecule has 5 heteroatoms. The van der Waals surface area contributed by atoms with E-state index in [1.54, 1.807) is 0 Å². The average molecular weight is 676 g/mol. The van der Waals surface area contributed by atoms with Crippen LogP contribution in [0.4, 0.5) is 11.4 Å². The minimum absolute atomic E-state index is 0.181. The van der Waals surface area contributed by atoms with Crippen molar-refractivity contribution < 1.29 is 0 Å². The summed E-state index contributed by atoms with van der Waals surface area (Å²) < 4.78 is -0.436. The molecular weight excluding hydrogens is 622 g/mol. The van der Waals surface area contributed by atoms with Crippen LogP contribution >= 0.6 is 31.1 Å². The maximum absolute atomic E-state index is 8.32. The van der Waals surface area contributed by atoms with Crippen molar-refractivity contribution in [3.63, 3.8) is 0 Å². The molecule has 2 aromatic carbocycles. The topological polar surface area (TPSA) is 6.48 Å². The molecule has 2 unspecified atom stereocenters. The van der Waals surface area contributed by atoms with Gasteiger partial charge in [0.15, 0.2) is 0 Å². The summed E-state index contributed by atoms with van der Waals surface area (Å²) in [5, 5.41) is -0.181. The number of rotatable bonds is 6. The van der Waals surface area contributed by atoms with Gasteiger partial charge < -0.3 is 9.80 Å². The van der Waals surface area contributed by atoms with E-state index in [1.165, 1.54) is 113 Å². The van der Waals surface area contributed by atoms with Crippen LogP contribution in [-0.2, 0) is 0 Å². The molecule has 0 amide bonds. The number of halogens is 2. The van der Waals surface area contributed by atoms with Crippen LogP contribution in [0.1, 0.15) is 105 Å². The highest BCUT2D eigenvalue weighted by molar-refractivity contribution is 7.63. The Balaban J connectivity index is 1.63. The summed E-state index contributed by atoms with van der Waals surface area (Å²) in [7, 11) is -0.463. The molecule has 1 heterocycles. The van der Waals surface area contributed by atoms with Crippen LogP contribution in [0.15, 0.2) is 71.4 Å². The molecule has 3 fully saturated rings.